The first kappa shape index (κ1) is 33.7. The molecule has 2 aromatic rings. The first-order chi connectivity index (χ1) is 20.4. The number of aromatic nitrogens is 1. The number of anilines is 1. The summed E-state index contributed by atoms with van der Waals surface area (Å²) in [6, 6.07) is 6.88. The van der Waals surface area contributed by atoms with Gasteiger partial charge >= 0.3 is 12.0 Å². The Hall–Kier alpha value is -3.75. The molecule has 2 heterocycles. The highest BCUT2D eigenvalue weighted by Crippen LogP contribution is 2.23. The fourth-order valence-electron chi connectivity index (χ4n) is 5.08. The van der Waals surface area contributed by atoms with Gasteiger partial charge in [-0.3, -0.25) is 9.59 Å². The van der Waals surface area contributed by atoms with Crippen LogP contribution < -0.4 is 20.7 Å². The topological polar surface area (TPSA) is 179 Å². The van der Waals surface area contributed by atoms with Gasteiger partial charge in [0.15, 0.2) is 0 Å². The number of sulfonamides is 1. The lowest BCUT2D eigenvalue weighted by atomic mass is 10.1. The lowest BCUT2D eigenvalue weighted by Crippen LogP contribution is -2.49. The van der Waals surface area contributed by atoms with Crippen LogP contribution in [0.2, 0.25) is 0 Å². The molecule has 3 rings (SSSR count). The van der Waals surface area contributed by atoms with Crippen molar-refractivity contribution in [2.24, 2.45) is 0 Å². The van der Waals surface area contributed by atoms with Crippen LogP contribution in [0.1, 0.15) is 42.9 Å². The van der Waals surface area contributed by atoms with E-state index in [-0.39, 0.29) is 30.1 Å². The number of benzene rings is 1. The zero-order valence-corrected chi connectivity index (χ0v) is 25.9. The summed E-state index contributed by atoms with van der Waals surface area (Å²) in [5, 5.41) is 18.2. The van der Waals surface area contributed by atoms with Gasteiger partial charge in [0.1, 0.15) is 18.5 Å². The summed E-state index contributed by atoms with van der Waals surface area (Å²) in [5.74, 6) is -1.37. The Balaban J connectivity index is 1.55. The maximum absolute atomic E-state index is 13.0. The number of likely N-dealkylation sites (tertiary alicyclic amines) is 1. The Morgan fingerprint density at radius 1 is 1.14 bits per heavy atom. The number of nitrogens with one attached hydrogen (secondary N) is 4. The summed E-state index contributed by atoms with van der Waals surface area (Å²) < 4.78 is 34.0. The molecule has 3 amide bonds. The number of unbranched alkanes of at least 4 members (excludes halogenated alkanes) is 1. The average Bonchev–Trinajstić information content (AvgIpc) is 3.36. The molecule has 1 fully saturated rings. The molecule has 1 aromatic heterocycles. The maximum Gasteiger partial charge on any atom is 0.323 e. The van der Waals surface area contributed by atoms with Crippen LogP contribution in [0.15, 0.2) is 41.4 Å². The van der Waals surface area contributed by atoms with Crippen LogP contribution in [-0.2, 0) is 24.3 Å². The number of hydrogen-bond donors (Lipinski definition) is 5. The highest BCUT2D eigenvalue weighted by Gasteiger charge is 2.36. The molecule has 5 N–H and O–H groups in total. The fraction of sp³-hybridized carbons (Fsp3) is 0.517. The number of ether oxygens (including phenoxy) is 1. The van der Waals surface area contributed by atoms with Gasteiger partial charge in [-0.1, -0.05) is 37.1 Å². The third-order valence-corrected chi connectivity index (χ3v) is 8.83. The van der Waals surface area contributed by atoms with Crippen LogP contribution in [-0.4, -0.2) is 92.3 Å². The minimum atomic E-state index is -4.18. The number of pyridine rings is 1. The number of nitrogens with zero attached hydrogens (tertiary/aromatic N) is 2. The molecule has 43 heavy (non-hydrogen) atoms. The third-order valence-electron chi connectivity index (χ3n) is 7.05. The molecular formula is C29H42N6O7S. The summed E-state index contributed by atoms with van der Waals surface area (Å²) in [6.45, 7) is 7.56. The number of aryl methyl sites for hydroxylation is 3. The van der Waals surface area contributed by atoms with Crippen LogP contribution in [0.5, 0.6) is 0 Å². The molecular weight excluding hydrogens is 576 g/mol. The van der Waals surface area contributed by atoms with E-state index in [4.69, 9.17) is 4.74 Å². The van der Waals surface area contributed by atoms with Crippen molar-refractivity contribution in [2.45, 2.75) is 70.0 Å². The van der Waals surface area contributed by atoms with Crippen LogP contribution in [0, 0.1) is 20.8 Å². The number of urea groups is 1. The van der Waals surface area contributed by atoms with Crippen molar-refractivity contribution in [2.75, 3.05) is 38.1 Å². The van der Waals surface area contributed by atoms with Crippen molar-refractivity contribution in [1.29, 1.82) is 0 Å². The van der Waals surface area contributed by atoms with E-state index in [2.05, 4.69) is 25.7 Å². The number of hydrogen-bond acceptors (Lipinski definition) is 8. The highest BCUT2D eigenvalue weighted by atomic mass is 32.2. The van der Waals surface area contributed by atoms with Crippen molar-refractivity contribution in [3.8, 4) is 0 Å². The van der Waals surface area contributed by atoms with Gasteiger partial charge in [-0.2, -0.15) is 4.72 Å². The monoisotopic (exact) mass is 618 g/mol. The van der Waals surface area contributed by atoms with E-state index in [1.807, 2.05) is 32.0 Å². The second-order valence-electron chi connectivity index (χ2n) is 10.7. The van der Waals surface area contributed by atoms with Gasteiger partial charge in [-0.05, 0) is 56.9 Å². The van der Waals surface area contributed by atoms with E-state index in [0.29, 0.717) is 36.5 Å². The first-order valence-corrected chi connectivity index (χ1v) is 15.8. The smallest absolute Gasteiger partial charge is 0.323 e. The molecule has 0 spiro atoms. The number of carboxylic acid groups (broad SMARTS) is 1. The molecule has 3 unspecified atom stereocenters. The first-order valence-electron chi connectivity index (χ1n) is 14.3. The van der Waals surface area contributed by atoms with Gasteiger partial charge in [0.05, 0.1) is 17.0 Å². The fourth-order valence-corrected chi connectivity index (χ4v) is 6.72. The van der Waals surface area contributed by atoms with Crippen molar-refractivity contribution in [3.05, 3.63) is 53.2 Å². The van der Waals surface area contributed by atoms with Gasteiger partial charge in [-0.15, -0.1) is 0 Å². The average molecular weight is 619 g/mol. The quantitative estimate of drug-likeness (QED) is 0.187. The summed E-state index contributed by atoms with van der Waals surface area (Å²) >= 11 is 0. The number of carboxylic acids is 1. The van der Waals surface area contributed by atoms with Crippen molar-refractivity contribution in [3.63, 3.8) is 0 Å². The van der Waals surface area contributed by atoms with Crippen LogP contribution in [0.3, 0.4) is 0 Å². The zero-order valence-electron chi connectivity index (χ0n) is 25.1. The van der Waals surface area contributed by atoms with E-state index in [9.17, 15) is 27.9 Å². The van der Waals surface area contributed by atoms with Gasteiger partial charge in [-0.25, -0.2) is 18.2 Å². The van der Waals surface area contributed by atoms with Gasteiger partial charge in [0.2, 0.25) is 15.9 Å². The molecule has 1 aliphatic heterocycles. The minimum absolute atomic E-state index is 0.00983. The Morgan fingerprint density at radius 2 is 1.86 bits per heavy atom. The number of carbonyl (C=O) groups excluding carboxylic acids is 2. The molecule has 0 saturated carbocycles. The van der Waals surface area contributed by atoms with E-state index < -0.39 is 40.6 Å². The number of amides is 3. The second kappa shape index (κ2) is 15.6. The van der Waals surface area contributed by atoms with Gasteiger partial charge in [0, 0.05) is 32.4 Å². The van der Waals surface area contributed by atoms with E-state index in [1.54, 1.807) is 37.1 Å². The van der Waals surface area contributed by atoms with Crippen LogP contribution in [0.4, 0.5) is 10.6 Å². The number of carbonyl (C=O) groups is 3. The molecule has 1 aromatic carbocycles. The predicted octanol–water partition coefficient (Wildman–Crippen LogP) is 1.94. The van der Waals surface area contributed by atoms with Crippen LogP contribution >= 0.6 is 0 Å². The maximum atomic E-state index is 13.0. The Bertz CT molecular complexity index is 1350. The Morgan fingerprint density at radius 3 is 2.49 bits per heavy atom. The van der Waals surface area contributed by atoms with Crippen molar-refractivity contribution < 1.29 is 32.6 Å². The van der Waals surface area contributed by atoms with Gasteiger partial charge < -0.3 is 30.7 Å². The Kier molecular flexibility index (Phi) is 12.3. The lowest BCUT2D eigenvalue weighted by molar-refractivity contribution is -0.139. The summed E-state index contributed by atoms with van der Waals surface area (Å²) in [7, 11) is -4.18. The molecule has 0 aliphatic carbocycles. The molecule has 1 saturated heterocycles. The summed E-state index contributed by atoms with van der Waals surface area (Å²) in [6.07, 6.45) is 3.51. The summed E-state index contributed by atoms with van der Waals surface area (Å²) in [5.41, 5.74) is 1.86. The molecule has 236 valence electrons. The second-order valence-corrected chi connectivity index (χ2v) is 12.4. The van der Waals surface area contributed by atoms with Gasteiger partial charge in [0.25, 0.3) is 0 Å². The third kappa shape index (κ3) is 9.90. The van der Waals surface area contributed by atoms with E-state index >= 15 is 0 Å². The standard InChI is InChI=1S/C29H42N6O7S/c1-5-6-10-31-29(39)35-17-23(14-22(35)15-32-25-9-7-8-11-30-25)42-18-26(36)33-16-24(28(37)38)34-43(40,41)27-20(3)12-19(2)13-21(27)4/h7-9,11-13,22-24,34H,5-6,10,14-18H2,1-4H3,(H,30,32)(H,31,39)(H,33,36)(H,37,38). The molecule has 13 nitrogen and oxygen atoms in total. The SMILES string of the molecule is CCCCNC(=O)N1CC(OCC(=O)NCC(NS(=O)(=O)c2c(C)cc(C)cc2C)C(=O)O)CC1CNc1ccccn1. The molecule has 3 atom stereocenters. The Labute approximate surface area is 252 Å². The normalized spacial score (nSPS) is 17.3. The zero-order chi connectivity index (χ0) is 31.6. The largest absolute Gasteiger partial charge is 0.480 e. The molecule has 14 heteroatoms. The minimum Gasteiger partial charge on any atom is -0.480 e. The lowest BCUT2D eigenvalue weighted by Gasteiger charge is -2.25. The summed E-state index contributed by atoms with van der Waals surface area (Å²) in [4.78, 5) is 43.2. The van der Waals surface area contributed by atoms with Crippen molar-refractivity contribution >= 4 is 33.7 Å². The number of aliphatic carboxylic acids is 1. The van der Waals surface area contributed by atoms with Crippen molar-refractivity contribution in [1.82, 2.24) is 25.2 Å². The predicted molar refractivity (Wildman–Crippen MR) is 161 cm³/mol. The molecule has 0 radical (unpaired) electrons. The number of rotatable bonds is 15. The van der Waals surface area contributed by atoms with E-state index in [0.717, 1.165) is 18.4 Å². The molecule has 1 aliphatic rings. The van der Waals surface area contributed by atoms with E-state index in [1.165, 1.54) is 0 Å². The highest BCUT2D eigenvalue weighted by molar-refractivity contribution is 7.89. The van der Waals surface area contributed by atoms with Crippen LogP contribution in [0.25, 0.3) is 0 Å². The molecule has 0 bridgehead atoms.